The van der Waals surface area contributed by atoms with Crippen LogP contribution in [0.3, 0.4) is 0 Å². The zero-order valence-corrected chi connectivity index (χ0v) is 27.6. The van der Waals surface area contributed by atoms with Gasteiger partial charge in [-0.3, -0.25) is 24.4 Å². The second kappa shape index (κ2) is 16.0. The third kappa shape index (κ3) is 7.39. The number of aryl methyl sites for hydroxylation is 2. The minimum Gasteiger partial charge on any atom is -0.411 e. The summed E-state index contributed by atoms with van der Waals surface area (Å²) in [6, 6.07) is 22.2. The standard InChI is InChI=1S/C18H16N4O2.C18H15N3O2.ClH.H3NO/c23-18(20-14-3-1-7-19-11-14)13-6-5-12-9-17-15(21-24)4-2-8-22(17)16(12)10-13;22-17-4-2-8-21-15-10-13(6-5-12(15)9-16(17)21)18(23)20-14-3-1-7-19-11-14;;1-2/h1,3,5-7,9-11,24H,2,4,8H2,(H,20,23);1,3,5-7,9-11H,2,4,8H2,(H,20,23);1H;2H,1H2. The van der Waals surface area contributed by atoms with E-state index in [2.05, 4.69) is 36.2 Å². The van der Waals surface area contributed by atoms with Crippen molar-refractivity contribution >= 4 is 68.9 Å². The van der Waals surface area contributed by atoms with Gasteiger partial charge in [-0.2, -0.15) is 0 Å². The molecule has 0 saturated carbocycles. The van der Waals surface area contributed by atoms with Crippen molar-refractivity contribution in [1.82, 2.24) is 19.1 Å². The number of benzene rings is 2. The molecular formula is C36H35ClN8O5. The second-order valence-electron chi connectivity index (χ2n) is 11.5. The Morgan fingerprint density at radius 2 is 1.22 bits per heavy atom. The van der Waals surface area contributed by atoms with E-state index in [4.69, 9.17) is 5.21 Å². The number of ketones is 1. The number of oxime groups is 1. The predicted molar refractivity (Wildman–Crippen MR) is 193 cm³/mol. The normalized spacial score (nSPS) is 13.9. The van der Waals surface area contributed by atoms with E-state index >= 15 is 0 Å². The summed E-state index contributed by atoms with van der Waals surface area (Å²) in [4.78, 5) is 44.8. The first-order chi connectivity index (χ1) is 24.0. The molecule has 256 valence electrons. The largest absolute Gasteiger partial charge is 0.411 e. The van der Waals surface area contributed by atoms with Gasteiger partial charge in [0.25, 0.3) is 11.8 Å². The number of carbonyl (C=O) groups excluding carboxylic acids is 3. The number of pyridine rings is 2. The summed E-state index contributed by atoms with van der Waals surface area (Å²) in [6.45, 7) is 1.67. The smallest absolute Gasteiger partial charge is 0.255 e. The zero-order chi connectivity index (χ0) is 34.3. The van der Waals surface area contributed by atoms with Crippen molar-refractivity contribution in [1.29, 1.82) is 0 Å². The van der Waals surface area contributed by atoms with Crippen LogP contribution in [0.2, 0.25) is 0 Å². The fraction of sp³-hybridized carbons (Fsp3) is 0.167. The molecule has 0 unspecified atom stereocenters. The molecule has 0 aliphatic carbocycles. The molecule has 2 aliphatic rings. The Balaban J connectivity index is 0.000000182. The fourth-order valence-corrected chi connectivity index (χ4v) is 6.18. The molecule has 50 heavy (non-hydrogen) atoms. The Kier molecular flexibility index (Phi) is 11.3. The summed E-state index contributed by atoms with van der Waals surface area (Å²) >= 11 is 0. The highest BCUT2D eigenvalue weighted by atomic mass is 35.5. The van der Waals surface area contributed by atoms with E-state index in [1.807, 2.05) is 41.0 Å². The van der Waals surface area contributed by atoms with Gasteiger partial charge in [-0.15, -0.1) is 12.4 Å². The monoisotopic (exact) mass is 694 g/mol. The van der Waals surface area contributed by atoms with Crippen LogP contribution in [-0.4, -0.2) is 52.8 Å². The summed E-state index contributed by atoms with van der Waals surface area (Å²) < 4.78 is 4.12. The minimum absolute atomic E-state index is 0. The molecule has 6 heterocycles. The molecule has 0 fully saturated rings. The number of amides is 2. The van der Waals surface area contributed by atoms with Crippen LogP contribution in [0.15, 0.2) is 103 Å². The topological polar surface area (TPSA) is 190 Å². The maximum atomic E-state index is 12.5. The lowest BCUT2D eigenvalue weighted by molar-refractivity contribution is 0.0954. The van der Waals surface area contributed by atoms with Crippen LogP contribution in [0.5, 0.6) is 0 Å². The molecule has 0 radical (unpaired) electrons. The van der Waals surface area contributed by atoms with Gasteiger partial charge in [-0.25, -0.2) is 5.90 Å². The maximum absolute atomic E-state index is 12.5. The number of anilines is 2. The Hall–Kier alpha value is -5.89. The molecule has 0 bridgehead atoms. The number of hydrogen-bond donors (Lipinski definition) is 5. The number of Topliss-reactive ketones (excluding diaryl/α,β-unsaturated/α-hetero) is 1. The van der Waals surface area contributed by atoms with Crippen LogP contribution < -0.4 is 16.5 Å². The average Bonchev–Trinajstić information content (AvgIpc) is 3.72. The van der Waals surface area contributed by atoms with Gasteiger partial charge < -0.3 is 30.2 Å². The SMILES string of the molecule is Cl.NO.O=C(Nc1cccnc1)c1ccc2cc3n(c2c1)CCCC3=NO.O=C(Nc1cccnc1)c1ccc2cc3n(c2c1)CCCC3=O. The van der Waals surface area contributed by atoms with Crippen molar-refractivity contribution in [3.05, 3.63) is 120 Å². The van der Waals surface area contributed by atoms with Crippen molar-refractivity contribution in [3.63, 3.8) is 0 Å². The van der Waals surface area contributed by atoms with E-state index in [1.165, 1.54) is 0 Å². The Bertz CT molecular complexity index is 2180. The van der Waals surface area contributed by atoms with E-state index in [0.29, 0.717) is 34.6 Å². The van der Waals surface area contributed by atoms with E-state index in [-0.39, 0.29) is 30.0 Å². The van der Waals surface area contributed by atoms with Crippen LogP contribution in [-0.2, 0) is 13.1 Å². The molecule has 2 amide bonds. The number of hydrogen-bond acceptors (Lipinski definition) is 9. The third-order valence-corrected chi connectivity index (χ3v) is 8.45. The number of nitrogens with zero attached hydrogens (tertiary/aromatic N) is 5. The Morgan fingerprint density at radius 3 is 1.72 bits per heavy atom. The highest BCUT2D eigenvalue weighted by Crippen LogP contribution is 2.28. The van der Waals surface area contributed by atoms with E-state index in [9.17, 15) is 19.6 Å². The Morgan fingerprint density at radius 1 is 0.720 bits per heavy atom. The van der Waals surface area contributed by atoms with Crippen molar-refractivity contribution in [2.75, 3.05) is 10.6 Å². The molecule has 0 atom stereocenters. The van der Waals surface area contributed by atoms with Crippen LogP contribution >= 0.6 is 12.4 Å². The number of fused-ring (bicyclic) bond motifs is 6. The molecule has 8 rings (SSSR count). The first-order valence-electron chi connectivity index (χ1n) is 15.7. The lowest BCUT2D eigenvalue weighted by atomic mass is 10.1. The summed E-state index contributed by atoms with van der Waals surface area (Å²) in [5.41, 5.74) is 6.75. The van der Waals surface area contributed by atoms with Crippen LogP contribution in [0.1, 0.15) is 62.6 Å². The number of rotatable bonds is 4. The number of nitrogens with two attached hydrogens (primary N) is 1. The van der Waals surface area contributed by atoms with Crippen LogP contribution in [0.25, 0.3) is 21.8 Å². The summed E-state index contributed by atoms with van der Waals surface area (Å²) in [7, 11) is 0. The van der Waals surface area contributed by atoms with E-state index < -0.39 is 0 Å². The highest BCUT2D eigenvalue weighted by molar-refractivity contribution is 6.09. The quantitative estimate of drug-likeness (QED) is 0.105. The first-order valence-corrected chi connectivity index (χ1v) is 15.7. The molecule has 4 aromatic heterocycles. The van der Waals surface area contributed by atoms with Crippen molar-refractivity contribution in [2.45, 2.75) is 38.8 Å². The van der Waals surface area contributed by atoms with Crippen molar-refractivity contribution in [3.8, 4) is 0 Å². The molecular weight excluding hydrogens is 660 g/mol. The van der Waals surface area contributed by atoms with Crippen molar-refractivity contribution in [2.24, 2.45) is 11.1 Å². The van der Waals surface area contributed by atoms with Gasteiger partial charge in [0.05, 0.1) is 35.2 Å². The van der Waals surface area contributed by atoms with Crippen LogP contribution in [0.4, 0.5) is 11.4 Å². The molecule has 2 aromatic carbocycles. The highest BCUT2D eigenvalue weighted by Gasteiger charge is 2.21. The van der Waals surface area contributed by atoms with Gasteiger partial charge >= 0.3 is 0 Å². The molecule has 6 N–H and O–H groups in total. The van der Waals surface area contributed by atoms with E-state index in [1.54, 1.807) is 61.2 Å². The number of nitrogens with one attached hydrogen (secondary N) is 2. The van der Waals surface area contributed by atoms with Gasteiger partial charge in [-0.05, 0) is 79.9 Å². The minimum atomic E-state index is -0.183. The molecule has 2 aliphatic heterocycles. The second-order valence-corrected chi connectivity index (χ2v) is 11.5. The van der Waals surface area contributed by atoms with Gasteiger partial charge in [0.1, 0.15) is 5.71 Å². The van der Waals surface area contributed by atoms with Gasteiger partial charge in [0.15, 0.2) is 5.78 Å². The fourth-order valence-electron chi connectivity index (χ4n) is 6.18. The summed E-state index contributed by atoms with van der Waals surface area (Å²) in [6.07, 6.45) is 9.67. The van der Waals surface area contributed by atoms with E-state index in [0.717, 1.165) is 65.5 Å². The number of aromatic nitrogens is 4. The number of halogens is 1. The van der Waals surface area contributed by atoms with Gasteiger partial charge in [0, 0.05) is 64.8 Å². The molecule has 0 saturated heterocycles. The van der Waals surface area contributed by atoms with Crippen LogP contribution in [0, 0.1) is 0 Å². The molecule has 13 nitrogen and oxygen atoms in total. The van der Waals surface area contributed by atoms with Gasteiger partial charge in [-0.1, -0.05) is 17.3 Å². The molecule has 0 spiro atoms. The predicted octanol–water partition coefficient (Wildman–Crippen LogP) is 6.28. The maximum Gasteiger partial charge on any atom is 0.255 e. The zero-order valence-electron chi connectivity index (χ0n) is 26.8. The average molecular weight is 695 g/mol. The lowest BCUT2D eigenvalue weighted by Gasteiger charge is -2.17. The third-order valence-electron chi connectivity index (χ3n) is 8.45. The lowest BCUT2D eigenvalue weighted by Crippen LogP contribution is -2.17. The Labute approximate surface area is 292 Å². The summed E-state index contributed by atoms with van der Waals surface area (Å²) in [5.74, 6) is 3.32. The first kappa shape index (κ1) is 35.4. The molecule has 6 aromatic rings. The summed E-state index contributed by atoms with van der Waals surface area (Å²) in [5, 5.41) is 26.8. The molecule has 14 heteroatoms. The van der Waals surface area contributed by atoms with Crippen molar-refractivity contribution < 1.29 is 24.8 Å². The van der Waals surface area contributed by atoms with Gasteiger partial charge in [0.2, 0.25) is 0 Å². The number of carbonyl (C=O) groups is 3.